The minimum absolute atomic E-state index is 0.175. The van der Waals surface area contributed by atoms with Gasteiger partial charge in [0.2, 0.25) is 0 Å². The van der Waals surface area contributed by atoms with Crippen LogP contribution in [0.25, 0.3) is 11.0 Å². The highest BCUT2D eigenvalue weighted by molar-refractivity contribution is 7.90. The lowest BCUT2D eigenvalue weighted by molar-refractivity contribution is -0.122. The first-order valence-electron chi connectivity index (χ1n) is 10.5. The van der Waals surface area contributed by atoms with Crippen LogP contribution in [0.5, 0.6) is 0 Å². The van der Waals surface area contributed by atoms with E-state index in [4.69, 9.17) is 21.5 Å². The van der Waals surface area contributed by atoms with Crippen LogP contribution in [0.3, 0.4) is 0 Å². The lowest BCUT2D eigenvalue weighted by Gasteiger charge is -2.44. The molecule has 8 nitrogen and oxygen atoms in total. The molecule has 1 atom stereocenters. The van der Waals surface area contributed by atoms with E-state index >= 15 is 0 Å². The van der Waals surface area contributed by atoms with Gasteiger partial charge in [0.25, 0.3) is 16.5 Å². The van der Waals surface area contributed by atoms with Crippen molar-refractivity contribution in [2.45, 2.75) is 30.2 Å². The van der Waals surface area contributed by atoms with E-state index in [0.29, 0.717) is 16.6 Å². The number of hydrogen-bond acceptors (Lipinski definition) is 6. The molecule has 5 rings (SSSR count). The summed E-state index contributed by atoms with van der Waals surface area (Å²) in [5, 5.41) is 7.29. The third-order valence-electron chi connectivity index (χ3n) is 6.04. The number of fused-ring (bicyclic) bond motifs is 2. The normalized spacial score (nSPS) is 19.2. The summed E-state index contributed by atoms with van der Waals surface area (Å²) in [5.41, 5.74) is 2.20. The maximum absolute atomic E-state index is 13.4. The number of piperidine rings is 1. The fourth-order valence-electron chi connectivity index (χ4n) is 4.56. The van der Waals surface area contributed by atoms with Gasteiger partial charge in [-0.3, -0.25) is 14.7 Å². The van der Waals surface area contributed by atoms with Gasteiger partial charge in [-0.25, -0.2) is 12.4 Å². The first-order chi connectivity index (χ1) is 15.5. The highest BCUT2D eigenvalue weighted by Crippen LogP contribution is 2.33. The number of carbonyl (C=O) groups is 1. The fourth-order valence-corrected chi connectivity index (χ4v) is 6.21. The molecule has 0 bridgehead atoms. The summed E-state index contributed by atoms with van der Waals surface area (Å²) in [5.74, 6) is 0. The van der Waals surface area contributed by atoms with Gasteiger partial charge in [-0.05, 0) is 49.7 Å². The fraction of sp³-hybridized carbons (Fsp3) is 0.364. The van der Waals surface area contributed by atoms with E-state index in [2.05, 4.69) is 14.8 Å². The van der Waals surface area contributed by atoms with Crippen LogP contribution in [-0.2, 0) is 14.8 Å². The second kappa shape index (κ2) is 9.48. The number of hydrogen-bond donors (Lipinski definition) is 1. The SMILES string of the molecule is O=CO.O=S(=O)(c1cccc(Cl)c1)n1cc(N2CCN3CCCCC3C2)c2ncccc21. The molecule has 2 aliphatic heterocycles. The summed E-state index contributed by atoms with van der Waals surface area (Å²) in [6.07, 6.45) is 7.18. The summed E-state index contributed by atoms with van der Waals surface area (Å²) in [7, 11) is -3.77. The van der Waals surface area contributed by atoms with Crippen LogP contribution in [0, 0.1) is 0 Å². The average Bonchev–Trinajstić information content (AvgIpc) is 3.20. The quantitative estimate of drug-likeness (QED) is 0.579. The first kappa shape index (κ1) is 22.6. The third kappa shape index (κ3) is 4.32. The van der Waals surface area contributed by atoms with Crippen LogP contribution in [-0.4, -0.2) is 66.1 Å². The lowest BCUT2D eigenvalue weighted by atomic mass is 9.99. The van der Waals surface area contributed by atoms with Crippen LogP contribution in [0.15, 0.2) is 53.7 Å². The van der Waals surface area contributed by atoms with E-state index in [-0.39, 0.29) is 11.4 Å². The molecule has 1 aromatic carbocycles. The molecule has 2 fully saturated rings. The Hall–Kier alpha value is -2.62. The molecule has 1 N–H and O–H groups in total. The highest BCUT2D eigenvalue weighted by Gasteiger charge is 2.31. The molecule has 2 aromatic heterocycles. The summed E-state index contributed by atoms with van der Waals surface area (Å²) < 4.78 is 28.1. The monoisotopic (exact) mass is 476 g/mol. The molecular weight excluding hydrogens is 452 g/mol. The van der Waals surface area contributed by atoms with Gasteiger partial charge in [0.15, 0.2) is 0 Å². The maximum Gasteiger partial charge on any atom is 0.290 e. The van der Waals surface area contributed by atoms with Crippen molar-refractivity contribution in [1.29, 1.82) is 0 Å². The molecule has 0 spiro atoms. The van der Waals surface area contributed by atoms with E-state index < -0.39 is 10.0 Å². The van der Waals surface area contributed by atoms with Crippen molar-refractivity contribution in [1.82, 2.24) is 13.9 Å². The molecular formula is C22H25ClN4O4S. The maximum atomic E-state index is 13.4. The molecule has 4 heterocycles. The van der Waals surface area contributed by atoms with Crippen LogP contribution >= 0.6 is 11.6 Å². The summed E-state index contributed by atoms with van der Waals surface area (Å²) in [6, 6.07) is 10.5. The third-order valence-corrected chi connectivity index (χ3v) is 7.94. The van der Waals surface area contributed by atoms with Crippen molar-refractivity contribution in [2.24, 2.45) is 0 Å². The van der Waals surface area contributed by atoms with Gasteiger partial charge in [0, 0.05) is 43.1 Å². The molecule has 10 heteroatoms. The Morgan fingerprint density at radius 3 is 2.72 bits per heavy atom. The Morgan fingerprint density at radius 2 is 1.94 bits per heavy atom. The average molecular weight is 477 g/mol. The zero-order valence-electron chi connectivity index (χ0n) is 17.5. The number of piperazine rings is 1. The van der Waals surface area contributed by atoms with E-state index in [9.17, 15) is 8.42 Å². The van der Waals surface area contributed by atoms with Gasteiger partial charge < -0.3 is 10.0 Å². The molecule has 3 aromatic rings. The van der Waals surface area contributed by atoms with Gasteiger partial charge in [0.05, 0.1) is 16.1 Å². The number of pyridine rings is 1. The number of benzene rings is 1. The number of aromatic nitrogens is 2. The number of halogens is 1. The summed E-state index contributed by atoms with van der Waals surface area (Å²) >= 11 is 6.05. The van der Waals surface area contributed by atoms with Crippen molar-refractivity contribution in [3.8, 4) is 0 Å². The number of anilines is 1. The Labute approximate surface area is 192 Å². The van der Waals surface area contributed by atoms with Crippen LogP contribution in [0.4, 0.5) is 5.69 Å². The summed E-state index contributed by atoms with van der Waals surface area (Å²) in [6.45, 7) is 3.71. The van der Waals surface area contributed by atoms with Crippen LogP contribution in [0.2, 0.25) is 5.02 Å². The van der Waals surface area contributed by atoms with E-state index in [1.807, 2.05) is 6.07 Å². The van der Waals surface area contributed by atoms with Gasteiger partial charge in [-0.2, -0.15) is 0 Å². The van der Waals surface area contributed by atoms with Crippen molar-refractivity contribution in [3.05, 3.63) is 53.8 Å². The largest absolute Gasteiger partial charge is 0.483 e. The number of rotatable bonds is 3. The number of nitrogens with zero attached hydrogens (tertiary/aromatic N) is 4. The molecule has 2 aliphatic rings. The predicted molar refractivity (Wildman–Crippen MR) is 124 cm³/mol. The molecule has 1 unspecified atom stereocenters. The molecule has 0 amide bonds. The zero-order chi connectivity index (χ0) is 22.7. The van der Waals surface area contributed by atoms with Crippen molar-refractivity contribution in [2.75, 3.05) is 31.1 Å². The molecule has 2 saturated heterocycles. The Morgan fingerprint density at radius 1 is 1.12 bits per heavy atom. The predicted octanol–water partition coefficient (Wildman–Crippen LogP) is 3.30. The second-order valence-corrected chi connectivity index (χ2v) is 10.1. The molecule has 0 aliphatic carbocycles. The van der Waals surface area contributed by atoms with Gasteiger partial charge in [0.1, 0.15) is 5.52 Å². The highest BCUT2D eigenvalue weighted by atomic mass is 35.5. The van der Waals surface area contributed by atoms with Crippen molar-refractivity contribution in [3.63, 3.8) is 0 Å². The summed E-state index contributed by atoms with van der Waals surface area (Å²) in [4.78, 5) is 17.9. The Kier molecular flexibility index (Phi) is 6.68. The minimum Gasteiger partial charge on any atom is -0.483 e. The minimum atomic E-state index is -3.77. The molecule has 32 heavy (non-hydrogen) atoms. The smallest absolute Gasteiger partial charge is 0.290 e. The lowest BCUT2D eigenvalue weighted by Crippen LogP contribution is -2.54. The van der Waals surface area contributed by atoms with Crippen LogP contribution in [0.1, 0.15) is 19.3 Å². The van der Waals surface area contributed by atoms with Crippen molar-refractivity contribution < 1.29 is 18.3 Å². The van der Waals surface area contributed by atoms with Crippen molar-refractivity contribution >= 4 is 44.8 Å². The van der Waals surface area contributed by atoms with E-state index in [1.54, 1.807) is 36.7 Å². The number of carboxylic acid groups (broad SMARTS) is 1. The molecule has 170 valence electrons. The Balaban J connectivity index is 0.000000775. The topological polar surface area (TPSA) is 95.7 Å². The molecule has 0 saturated carbocycles. The van der Waals surface area contributed by atoms with Gasteiger partial charge in [-0.15, -0.1) is 0 Å². The standard InChI is InChI=1S/C21H23ClN4O2S.CH2O2/c22-16-5-3-7-18(13-16)29(27,28)26-15-20(21-19(26)8-4-9-23-21)25-12-11-24-10-2-1-6-17(24)14-25;2-1-3/h3-5,7-9,13,15,17H,1-2,6,10-12,14H2;1H,(H,2,3). The van der Waals surface area contributed by atoms with Gasteiger partial charge in [-0.1, -0.05) is 24.1 Å². The van der Waals surface area contributed by atoms with Gasteiger partial charge >= 0.3 is 0 Å². The zero-order valence-corrected chi connectivity index (χ0v) is 19.0. The van der Waals surface area contributed by atoms with Crippen LogP contribution < -0.4 is 4.90 Å². The van der Waals surface area contributed by atoms with E-state index in [1.165, 1.54) is 35.8 Å². The first-order valence-corrected chi connectivity index (χ1v) is 12.3. The second-order valence-electron chi connectivity index (χ2n) is 7.88. The van der Waals surface area contributed by atoms with E-state index in [0.717, 1.165) is 30.8 Å². The molecule has 0 radical (unpaired) electrons. The Bertz CT molecular complexity index is 1210.